The summed E-state index contributed by atoms with van der Waals surface area (Å²) in [6, 6.07) is 4.64. The van der Waals surface area contributed by atoms with Crippen molar-refractivity contribution < 1.29 is 13.2 Å². The van der Waals surface area contributed by atoms with Crippen molar-refractivity contribution in [3.8, 4) is 5.75 Å². The molecule has 0 amide bonds. The van der Waals surface area contributed by atoms with E-state index >= 15 is 0 Å². The Morgan fingerprint density at radius 3 is 2.63 bits per heavy atom. The van der Waals surface area contributed by atoms with Gasteiger partial charge >= 0.3 is 0 Å². The molecule has 0 aromatic heterocycles. The molecule has 2 rings (SSSR count). The van der Waals surface area contributed by atoms with Gasteiger partial charge in [-0.3, -0.25) is 0 Å². The smallest absolute Gasteiger partial charge is 0.240 e. The minimum Gasteiger partial charge on any atom is -0.496 e. The Bertz CT molecular complexity index is 570. The number of hydrogen-bond donors (Lipinski definition) is 2. The maximum Gasteiger partial charge on any atom is 0.240 e. The standard InChI is InChI=1S/C12H17BrN2O3S/c1-18-11-4-3-9(7-10(11)13)19(16,17)15-8-12(14)5-2-6-12/h3-4,7,15H,2,5-6,8,14H2,1H3. The highest BCUT2D eigenvalue weighted by Gasteiger charge is 2.33. The molecule has 7 heteroatoms. The zero-order valence-corrected chi connectivity index (χ0v) is 13.1. The molecule has 5 nitrogen and oxygen atoms in total. The van der Waals surface area contributed by atoms with Crippen LogP contribution >= 0.6 is 15.9 Å². The fraction of sp³-hybridized carbons (Fsp3) is 0.500. The number of halogens is 1. The van der Waals surface area contributed by atoms with Crippen LogP contribution in [0.4, 0.5) is 0 Å². The first-order valence-corrected chi connectivity index (χ1v) is 8.26. The predicted molar refractivity (Wildman–Crippen MR) is 76.7 cm³/mol. The molecule has 0 bridgehead atoms. The van der Waals surface area contributed by atoms with Crippen LogP contribution in [0.3, 0.4) is 0 Å². The van der Waals surface area contributed by atoms with Crippen LogP contribution in [-0.2, 0) is 10.0 Å². The number of ether oxygens (including phenoxy) is 1. The fourth-order valence-corrected chi connectivity index (χ4v) is 3.80. The van der Waals surface area contributed by atoms with Crippen LogP contribution in [0.5, 0.6) is 5.75 Å². The van der Waals surface area contributed by atoms with Gasteiger partial charge in [0.1, 0.15) is 5.75 Å². The second-order valence-corrected chi connectivity index (χ2v) is 7.46. The second kappa shape index (κ2) is 5.40. The lowest BCUT2D eigenvalue weighted by molar-refractivity contribution is 0.251. The van der Waals surface area contributed by atoms with Crippen molar-refractivity contribution in [3.05, 3.63) is 22.7 Å². The van der Waals surface area contributed by atoms with Crippen molar-refractivity contribution >= 4 is 26.0 Å². The first-order chi connectivity index (χ1) is 8.86. The van der Waals surface area contributed by atoms with E-state index in [4.69, 9.17) is 10.5 Å². The normalized spacial score (nSPS) is 17.8. The van der Waals surface area contributed by atoms with E-state index in [0.717, 1.165) is 19.3 Å². The van der Waals surface area contributed by atoms with E-state index in [1.807, 2.05) is 0 Å². The van der Waals surface area contributed by atoms with E-state index in [1.54, 1.807) is 6.07 Å². The maximum atomic E-state index is 12.1. The average molecular weight is 349 g/mol. The quantitative estimate of drug-likeness (QED) is 0.846. The minimum atomic E-state index is -3.53. The van der Waals surface area contributed by atoms with Gasteiger partial charge in [-0.05, 0) is 53.4 Å². The van der Waals surface area contributed by atoms with Gasteiger partial charge < -0.3 is 10.5 Å². The SMILES string of the molecule is COc1ccc(S(=O)(=O)NCC2(N)CCC2)cc1Br. The Hall–Kier alpha value is -0.630. The van der Waals surface area contributed by atoms with Gasteiger partial charge in [-0.2, -0.15) is 0 Å². The van der Waals surface area contributed by atoms with Crippen molar-refractivity contribution in [2.45, 2.75) is 29.7 Å². The van der Waals surface area contributed by atoms with Crippen molar-refractivity contribution in [2.75, 3.05) is 13.7 Å². The number of hydrogen-bond acceptors (Lipinski definition) is 4. The van der Waals surface area contributed by atoms with Crippen LogP contribution in [0.2, 0.25) is 0 Å². The van der Waals surface area contributed by atoms with Gasteiger partial charge in [-0.25, -0.2) is 13.1 Å². The zero-order chi connectivity index (χ0) is 14.1. The second-order valence-electron chi connectivity index (χ2n) is 4.84. The Morgan fingerprint density at radius 2 is 2.16 bits per heavy atom. The topological polar surface area (TPSA) is 81.4 Å². The van der Waals surface area contributed by atoms with Crippen molar-refractivity contribution in [1.82, 2.24) is 4.72 Å². The molecule has 0 aliphatic heterocycles. The molecule has 0 heterocycles. The van der Waals surface area contributed by atoms with Gasteiger partial charge in [-0.1, -0.05) is 0 Å². The molecule has 0 radical (unpaired) electrons. The number of sulfonamides is 1. The van der Waals surface area contributed by atoms with E-state index in [2.05, 4.69) is 20.7 Å². The average Bonchev–Trinajstić information content (AvgIpc) is 2.34. The summed E-state index contributed by atoms with van der Waals surface area (Å²) in [5.41, 5.74) is 5.63. The van der Waals surface area contributed by atoms with Gasteiger partial charge in [0.15, 0.2) is 0 Å². The van der Waals surface area contributed by atoms with Crippen LogP contribution in [0.1, 0.15) is 19.3 Å². The monoisotopic (exact) mass is 348 g/mol. The highest BCUT2D eigenvalue weighted by Crippen LogP contribution is 2.30. The lowest BCUT2D eigenvalue weighted by Gasteiger charge is -2.38. The van der Waals surface area contributed by atoms with Gasteiger partial charge in [0.25, 0.3) is 0 Å². The number of rotatable bonds is 5. The summed E-state index contributed by atoms with van der Waals surface area (Å²) in [6.45, 7) is 0.277. The molecule has 0 spiro atoms. The number of benzene rings is 1. The molecule has 19 heavy (non-hydrogen) atoms. The molecule has 1 saturated carbocycles. The van der Waals surface area contributed by atoms with Gasteiger partial charge in [-0.15, -0.1) is 0 Å². The Balaban J connectivity index is 2.12. The molecule has 0 saturated heterocycles. The third kappa shape index (κ3) is 3.28. The lowest BCUT2D eigenvalue weighted by Crippen LogP contribution is -2.54. The van der Waals surface area contributed by atoms with Crippen LogP contribution in [-0.4, -0.2) is 27.6 Å². The van der Waals surface area contributed by atoms with Gasteiger partial charge in [0.2, 0.25) is 10.0 Å². The first kappa shape index (κ1) is 14.8. The van der Waals surface area contributed by atoms with E-state index in [-0.39, 0.29) is 17.0 Å². The third-order valence-corrected chi connectivity index (χ3v) is 5.42. The summed E-state index contributed by atoms with van der Waals surface area (Å²) in [5, 5.41) is 0. The zero-order valence-electron chi connectivity index (χ0n) is 10.6. The molecular formula is C12H17BrN2O3S. The highest BCUT2D eigenvalue weighted by molar-refractivity contribution is 9.10. The van der Waals surface area contributed by atoms with E-state index in [1.165, 1.54) is 19.2 Å². The molecule has 0 unspecified atom stereocenters. The van der Waals surface area contributed by atoms with Gasteiger partial charge in [0.05, 0.1) is 16.5 Å². The largest absolute Gasteiger partial charge is 0.496 e. The number of methoxy groups -OCH3 is 1. The molecule has 3 N–H and O–H groups in total. The maximum absolute atomic E-state index is 12.1. The first-order valence-electron chi connectivity index (χ1n) is 5.98. The third-order valence-electron chi connectivity index (χ3n) is 3.40. The number of nitrogens with two attached hydrogens (primary N) is 1. The lowest BCUT2D eigenvalue weighted by atomic mass is 9.78. The molecular weight excluding hydrogens is 332 g/mol. The summed E-state index contributed by atoms with van der Waals surface area (Å²) < 4.78 is 32.5. The van der Waals surface area contributed by atoms with Crippen LogP contribution in [0, 0.1) is 0 Å². The summed E-state index contributed by atoms with van der Waals surface area (Å²) in [4.78, 5) is 0.197. The molecule has 1 fully saturated rings. The molecule has 1 aliphatic carbocycles. The van der Waals surface area contributed by atoms with Crippen molar-refractivity contribution in [1.29, 1.82) is 0 Å². The Kier molecular flexibility index (Phi) is 4.20. The van der Waals surface area contributed by atoms with E-state index < -0.39 is 10.0 Å². The Morgan fingerprint density at radius 1 is 1.47 bits per heavy atom. The summed E-state index contributed by atoms with van der Waals surface area (Å²) in [6.07, 6.45) is 2.79. The highest BCUT2D eigenvalue weighted by atomic mass is 79.9. The summed E-state index contributed by atoms with van der Waals surface area (Å²) in [7, 11) is -2.00. The Labute approximate surface area is 121 Å². The minimum absolute atomic E-state index is 0.197. The predicted octanol–water partition coefficient (Wildman–Crippen LogP) is 1.62. The summed E-state index contributed by atoms with van der Waals surface area (Å²) >= 11 is 3.27. The van der Waals surface area contributed by atoms with Crippen LogP contribution in [0.15, 0.2) is 27.6 Å². The fourth-order valence-electron chi connectivity index (χ4n) is 1.94. The van der Waals surface area contributed by atoms with Crippen LogP contribution < -0.4 is 15.2 Å². The molecule has 0 atom stereocenters. The van der Waals surface area contributed by atoms with Crippen LogP contribution in [0.25, 0.3) is 0 Å². The van der Waals surface area contributed by atoms with E-state index in [9.17, 15) is 8.42 Å². The molecule has 106 valence electrons. The van der Waals surface area contributed by atoms with E-state index in [0.29, 0.717) is 10.2 Å². The summed E-state index contributed by atoms with van der Waals surface area (Å²) in [5.74, 6) is 0.591. The van der Waals surface area contributed by atoms with Gasteiger partial charge in [0, 0.05) is 12.1 Å². The van der Waals surface area contributed by atoms with Crippen molar-refractivity contribution in [3.63, 3.8) is 0 Å². The molecule has 1 aromatic carbocycles. The number of nitrogens with one attached hydrogen (secondary N) is 1. The molecule has 1 aromatic rings. The van der Waals surface area contributed by atoms with Crippen molar-refractivity contribution in [2.24, 2.45) is 5.73 Å². The molecule has 1 aliphatic rings.